The SMILES string of the molecule is CC(C)(C)c1ccc(N(c2ccccc2)c2cc3c4c(c2)N(c2ccc(C(C)(C)C)cc2)c2c(sc5ccc(C(C)(C)C)cc25)B4c2cc4c(cc2N3c2cc(C(C)(C)C)cc(C(C)(C)C)c2)C(C)(C)CCC4(C)C)cc1. The van der Waals surface area contributed by atoms with E-state index in [-0.39, 0.29) is 44.6 Å². The molecule has 0 saturated heterocycles. The van der Waals surface area contributed by atoms with Gasteiger partial charge in [0.15, 0.2) is 0 Å². The van der Waals surface area contributed by atoms with E-state index in [4.69, 9.17) is 0 Å². The lowest BCUT2D eigenvalue weighted by Gasteiger charge is -2.47. The number of thiophene rings is 1. The maximum Gasteiger partial charge on any atom is 0.264 e. The highest BCUT2D eigenvalue weighted by Crippen LogP contribution is 2.54. The fourth-order valence-electron chi connectivity index (χ4n) is 12.5. The summed E-state index contributed by atoms with van der Waals surface area (Å²) < 4.78 is 2.74. The van der Waals surface area contributed by atoms with Crippen LogP contribution in [0, 0.1) is 0 Å². The van der Waals surface area contributed by atoms with Crippen molar-refractivity contribution in [3.63, 3.8) is 0 Å². The average Bonchev–Trinajstić information content (AvgIpc) is 3.92. The molecular formula is C72H84BN3S. The van der Waals surface area contributed by atoms with Crippen LogP contribution < -0.4 is 30.4 Å². The molecule has 0 amide bonds. The fraction of sp³-hybridized carbons (Fsp3) is 0.389. The molecule has 1 aliphatic carbocycles. The maximum atomic E-state index is 2.72. The Morgan fingerprint density at radius 1 is 0.429 bits per heavy atom. The van der Waals surface area contributed by atoms with Gasteiger partial charge < -0.3 is 14.7 Å². The Hall–Kier alpha value is -6.04. The van der Waals surface area contributed by atoms with Crippen LogP contribution in [0.15, 0.2) is 140 Å². The summed E-state index contributed by atoms with van der Waals surface area (Å²) in [5, 5.41) is 1.32. The predicted octanol–water partition coefficient (Wildman–Crippen LogP) is 19.3. The molecule has 5 heteroatoms. The Bertz CT molecular complexity index is 3560. The Labute approximate surface area is 467 Å². The van der Waals surface area contributed by atoms with Crippen LogP contribution in [0.3, 0.4) is 0 Å². The lowest BCUT2D eigenvalue weighted by atomic mass is 9.35. The van der Waals surface area contributed by atoms with Crippen LogP contribution in [0.25, 0.3) is 10.1 Å². The van der Waals surface area contributed by atoms with Crippen molar-refractivity contribution in [1.82, 2.24) is 0 Å². The van der Waals surface area contributed by atoms with Crippen LogP contribution in [-0.2, 0) is 37.9 Å². The Morgan fingerprint density at radius 3 is 1.44 bits per heavy atom. The first-order valence-corrected chi connectivity index (χ1v) is 29.4. The number of anilines is 9. The first-order valence-electron chi connectivity index (χ1n) is 28.6. The molecule has 7 aromatic carbocycles. The van der Waals surface area contributed by atoms with Gasteiger partial charge in [-0.2, -0.15) is 0 Å². The highest BCUT2D eigenvalue weighted by Gasteiger charge is 2.48. The molecule has 0 N–H and O–H groups in total. The summed E-state index contributed by atoms with van der Waals surface area (Å²) in [5.74, 6) is 0. The summed E-state index contributed by atoms with van der Waals surface area (Å²) in [6, 6.07) is 55.4. The molecule has 396 valence electrons. The van der Waals surface area contributed by atoms with E-state index in [9.17, 15) is 0 Å². The lowest BCUT2D eigenvalue weighted by Crippen LogP contribution is -2.61. The van der Waals surface area contributed by atoms with Gasteiger partial charge in [-0.25, -0.2) is 0 Å². The molecule has 3 nitrogen and oxygen atoms in total. The van der Waals surface area contributed by atoms with Gasteiger partial charge in [-0.1, -0.05) is 192 Å². The zero-order chi connectivity index (χ0) is 55.3. The van der Waals surface area contributed by atoms with E-state index in [1.165, 1.54) is 98.9 Å². The van der Waals surface area contributed by atoms with Gasteiger partial charge in [0.1, 0.15) is 0 Å². The molecule has 0 atom stereocenters. The van der Waals surface area contributed by atoms with E-state index in [0.29, 0.717) is 0 Å². The number of para-hydroxylation sites is 1. The highest BCUT2D eigenvalue weighted by molar-refractivity contribution is 7.33. The second kappa shape index (κ2) is 17.7. The minimum atomic E-state index is -0.0858. The molecule has 1 aromatic heterocycles. The fourth-order valence-corrected chi connectivity index (χ4v) is 13.8. The molecule has 0 unspecified atom stereocenters. The Morgan fingerprint density at radius 2 is 0.909 bits per heavy atom. The third-order valence-corrected chi connectivity index (χ3v) is 18.9. The Balaban J connectivity index is 1.34. The number of benzene rings is 7. The van der Waals surface area contributed by atoms with Crippen molar-refractivity contribution in [3.8, 4) is 0 Å². The summed E-state index contributed by atoms with van der Waals surface area (Å²) in [4.78, 5) is 7.91. The molecular weight excluding hydrogens is 950 g/mol. The molecule has 3 heterocycles. The molecule has 0 spiro atoms. The predicted molar refractivity (Wildman–Crippen MR) is 339 cm³/mol. The molecule has 77 heavy (non-hydrogen) atoms. The van der Waals surface area contributed by atoms with Crippen molar-refractivity contribution in [2.75, 3.05) is 14.7 Å². The van der Waals surface area contributed by atoms with Gasteiger partial charge in [-0.05, 0) is 179 Å². The van der Waals surface area contributed by atoms with Crippen molar-refractivity contribution in [3.05, 3.63) is 178 Å². The van der Waals surface area contributed by atoms with Crippen LogP contribution in [-0.4, -0.2) is 6.71 Å². The van der Waals surface area contributed by atoms with Gasteiger partial charge in [-0.3, -0.25) is 0 Å². The highest BCUT2D eigenvalue weighted by atomic mass is 32.1. The summed E-state index contributed by atoms with van der Waals surface area (Å²) in [7, 11) is 0. The van der Waals surface area contributed by atoms with Gasteiger partial charge in [0.2, 0.25) is 0 Å². The van der Waals surface area contributed by atoms with Crippen molar-refractivity contribution >= 4 is 95.0 Å². The normalized spacial score (nSPS) is 16.0. The molecule has 11 rings (SSSR count). The zero-order valence-corrected chi connectivity index (χ0v) is 50.8. The molecule has 2 aliphatic heterocycles. The number of fused-ring (bicyclic) bond motifs is 7. The van der Waals surface area contributed by atoms with Gasteiger partial charge in [0.05, 0.1) is 11.4 Å². The van der Waals surface area contributed by atoms with Crippen LogP contribution in [0.4, 0.5) is 51.2 Å². The van der Waals surface area contributed by atoms with Gasteiger partial charge in [0, 0.05) is 54.7 Å². The largest absolute Gasteiger partial charge is 0.311 e. The van der Waals surface area contributed by atoms with Crippen LogP contribution in [0.1, 0.15) is 183 Å². The molecule has 0 bridgehead atoms. The monoisotopic (exact) mass is 1030 g/mol. The first kappa shape index (κ1) is 53.0. The maximum absolute atomic E-state index is 2.72. The quantitative estimate of drug-likeness (QED) is 0.159. The third kappa shape index (κ3) is 9.15. The zero-order valence-electron chi connectivity index (χ0n) is 50.0. The topological polar surface area (TPSA) is 9.72 Å². The van der Waals surface area contributed by atoms with Gasteiger partial charge in [0.25, 0.3) is 6.71 Å². The second-order valence-corrected chi connectivity index (χ2v) is 30.6. The number of hydrogen-bond acceptors (Lipinski definition) is 4. The van der Waals surface area contributed by atoms with Gasteiger partial charge >= 0.3 is 0 Å². The molecule has 8 aromatic rings. The second-order valence-electron chi connectivity index (χ2n) is 29.5. The summed E-state index contributed by atoms with van der Waals surface area (Å²) in [6.07, 6.45) is 2.30. The first-order chi connectivity index (χ1) is 35.8. The standard InChI is InChI=1S/C72H84BN3S/c1-66(2,3)45-25-30-51(31-26-45)74(50-23-21-20-22-24-50)54-41-60-63-61(42-54)76(52-32-27-46(28-33-52)67(4,5)6)64-55-40-47(68(7,8)9)29-34-62(55)77-65(64)73(63)58-43-56-57(72(18,19)36-35-71(56,16)17)44-59(58)75(60)53-38-48(69(10,11)12)37-49(39-53)70(13,14)15/h20-34,37-44H,35-36H2,1-19H3. The lowest BCUT2D eigenvalue weighted by molar-refractivity contribution is 0.332. The van der Waals surface area contributed by atoms with Crippen LogP contribution >= 0.6 is 11.3 Å². The average molecular weight is 1030 g/mol. The minimum absolute atomic E-state index is 0.000698. The molecule has 3 aliphatic rings. The number of nitrogens with zero attached hydrogens (tertiary/aromatic N) is 3. The summed E-state index contributed by atoms with van der Waals surface area (Å²) in [6.45, 7) is 45.2. The van der Waals surface area contributed by atoms with Crippen molar-refractivity contribution in [2.24, 2.45) is 0 Å². The molecule has 0 radical (unpaired) electrons. The van der Waals surface area contributed by atoms with Gasteiger partial charge in [-0.15, -0.1) is 11.3 Å². The van der Waals surface area contributed by atoms with E-state index in [1.54, 1.807) is 0 Å². The summed E-state index contributed by atoms with van der Waals surface area (Å²) in [5.41, 5.74) is 23.1. The van der Waals surface area contributed by atoms with Crippen LogP contribution in [0.2, 0.25) is 0 Å². The number of rotatable bonds is 5. The van der Waals surface area contributed by atoms with E-state index in [0.717, 1.165) is 29.9 Å². The smallest absolute Gasteiger partial charge is 0.264 e. The summed E-state index contributed by atoms with van der Waals surface area (Å²) >= 11 is 2.01. The van der Waals surface area contributed by atoms with Crippen molar-refractivity contribution in [1.29, 1.82) is 0 Å². The molecule has 0 fully saturated rings. The number of hydrogen-bond donors (Lipinski definition) is 0. The van der Waals surface area contributed by atoms with Crippen molar-refractivity contribution in [2.45, 2.75) is 182 Å². The minimum Gasteiger partial charge on any atom is -0.311 e. The van der Waals surface area contributed by atoms with Crippen LogP contribution in [0.5, 0.6) is 0 Å². The third-order valence-electron chi connectivity index (χ3n) is 17.6. The van der Waals surface area contributed by atoms with E-state index < -0.39 is 0 Å². The Kier molecular flexibility index (Phi) is 12.2. The van der Waals surface area contributed by atoms with E-state index in [1.807, 2.05) is 11.3 Å². The van der Waals surface area contributed by atoms with E-state index in [2.05, 4.69) is 286 Å². The van der Waals surface area contributed by atoms with Crippen molar-refractivity contribution < 1.29 is 0 Å². The van der Waals surface area contributed by atoms with E-state index >= 15 is 0 Å². The molecule has 0 saturated carbocycles.